The number of carbonyl (C=O) groups excluding carboxylic acids is 1. The lowest BCUT2D eigenvalue weighted by Crippen LogP contribution is -2.39. The minimum absolute atomic E-state index is 0.0138. The molecule has 1 saturated heterocycles. The molecule has 0 spiro atoms. The van der Waals surface area contributed by atoms with Gasteiger partial charge in [0.25, 0.3) is 0 Å². The topological polar surface area (TPSA) is 61.9 Å². The van der Waals surface area contributed by atoms with Gasteiger partial charge in [-0.1, -0.05) is 30.3 Å². The number of hydrogen-bond acceptors (Lipinski definition) is 3. The molecule has 1 fully saturated rings. The van der Waals surface area contributed by atoms with E-state index in [1.807, 2.05) is 42.2 Å². The van der Waals surface area contributed by atoms with Crippen LogP contribution < -0.4 is 0 Å². The van der Waals surface area contributed by atoms with Gasteiger partial charge in [0, 0.05) is 6.54 Å². The highest BCUT2D eigenvalue weighted by Gasteiger charge is 2.30. The van der Waals surface area contributed by atoms with Crippen LogP contribution >= 0.6 is 0 Å². The molecule has 1 N–H and O–H groups in total. The van der Waals surface area contributed by atoms with Gasteiger partial charge in [0.2, 0.25) is 5.91 Å². The molecule has 0 radical (unpaired) electrons. The molecule has 1 unspecified atom stereocenters. The molecule has 5 nitrogen and oxygen atoms in total. The van der Waals surface area contributed by atoms with E-state index >= 15 is 0 Å². The summed E-state index contributed by atoms with van der Waals surface area (Å²) >= 11 is 0. The van der Waals surface area contributed by atoms with Crippen molar-refractivity contribution in [2.45, 2.75) is 38.6 Å². The number of aryl methyl sites for hydroxylation is 1. The molecule has 1 amide bonds. The predicted octanol–water partition coefficient (Wildman–Crippen LogP) is 2.41. The van der Waals surface area contributed by atoms with Gasteiger partial charge >= 0.3 is 0 Å². The molecule has 0 aliphatic carbocycles. The Kier molecular flexibility index (Phi) is 3.99. The fourth-order valence-corrected chi connectivity index (χ4v) is 2.88. The Balaban J connectivity index is 1.76. The Morgan fingerprint density at radius 3 is 2.86 bits per heavy atom. The molecule has 1 aromatic carbocycles. The van der Waals surface area contributed by atoms with Crippen LogP contribution in [-0.4, -0.2) is 32.5 Å². The first kappa shape index (κ1) is 13.8. The van der Waals surface area contributed by atoms with Gasteiger partial charge in [0.15, 0.2) is 5.82 Å². The molecular formula is C16H20N4O. The van der Waals surface area contributed by atoms with Crippen LogP contribution in [0, 0.1) is 6.92 Å². The molecular weight excluding hydrogens is 264 g/mol. The van der Waals surface area contributed by atoms with Gasteiger partial charge in [0.05, 0.1) is 12.5 Å². The summed E-state index contributed by atoms with van der Waals surface area (Å²) < 4.78 is 0. The third-order valence-corrected chi connectivity index (χ3v) is 3.93. The van der Waals surface area contributed by atoms with E-state index in [4.69, 9.17) is 0 Å². The van der Waals surface area contributed by atoms with Crippen molar-refractivity contribution in [1.82, 2.24) is 20.1 Å². The minimum atomic E-state index is 0.0138. The van der Waals surface area contributed by atoms with Gasteiger partial charge in [-0.15, -0.1) is 0 Å². The lowest BCUT2D eigenvalue weighted by atomic mass is 10.00. The Hall–Kier alpha value is -2.17. The Labute approximate surface area is 124 Å². The summed E-state index contributed by atoms with van der Waals surface area (Å²) in [6.45, 7) is 2.68. The summed E-state index contributed by atoms with van der Waals surface area (Å²) in [5, 5.41) is 7.13. The van der Waals surface area contributed by atoms with E-state index in [9.17, 15) is 4.79 Å². The number of piperidine rings is 1. The molecule has 21 heavy (non-hydrogen) atoms. The van der Waals surface area contributed by atoms with E-state index in [0.29, 0.717) is 6.42 Å². The third kappa shape index (κ3) is 3.12. The van der Waals surface area contributed by atoms with E-state index in [1.54, 1.807) is 0 Å². The molecule has 3 rings (SSSR count). The molecule has 0 saturated carbocycles. The van der Waals surface area contributed by atoms with E-state index in [1.165, 1.54) is 0 Å². The largest absolute Gasteiger partial charge is 0.332 e. The monoisotopic (exact) mass is 284 g/mol. The molecule has 1 aliphatic heterocycles. The van der Waals surface area contributed by atoms with Gasteiger partial charge < -0.3 is 4.90 Å². The maximum Gasteiger partial charge on any atom is 0.227 e. The number of H-pyrrole nitrogens is 1. The maximum atomic E-state index is 12.6. The summed E-state index contributed by atoms with van der Waals surface area (Å²) in [4.78, 5) is 19.0. The minimum Gasteiger partial charge on any atom is -0.332 e. The number of likely N-dealkylation sites (tertiary alicyclic amines) is 1. The normalized spacial score (nSPS) is 18.7. The van der Waals surface area contributed by atoms with Crippen molar-refractivity contribution in [3.8, 4) is 0 Å². The number of carbonyl (C=O) groups is 1. The molecule has 5 heteroatoms. The molecule has 1 atom stereocenters. The van der Waals surface area contributed by atoms with Crippen molar-refractivity contribution in [2.24, 2.45) is 0 Å². The van der Waals surface area contributed by atoms with Crippen LogP contribution in [0.5, 0.6) is 0 Å². The van der Waals surface area contributed by atoms with Crippen LogP contribution in [-0.2, 0) is 11.2 Å². The zero-order valence-corrected chi connectivity index (χ0v) is 12.2. The first-order valence-corrected chi connectivity index (χ1v) is 7.46. The Morgan fingerprint density at radius 2 is 2.14 bits per heavy atom. The first-order chi connectivity index (χ1) is 10.2. The van der Waals surface area contributed by atoms with Crippen molar-refractivity contribution >= 4 is 5.91 Å². The van der Waals surface area contributed by atoms with E-state index in [0.717, 1.165) is 43.0 Å². The molecule has 1 aliphatic rings. The second kappa shape index (κ2) is 6.08. The standard InChI is InChI=1S/C16H20N4O/c1-12-17-16(19-18-12)14-9-5-6-10-20(14)15(21)11-13-7-3-2-4-8-13/h2-4,7-8,14H,5-6,9-11H2,1H3,(H,17,18,19). The number of rotatable bonds is 3. The number of amides is 1. The van der Waals surface area contributed by atoms with Gasteiger partial charge in [-0.2, -0.15) is 5.10 Å². The van der Waals surface area contributed by atoms with Crippen LogP contribution in [0.3, 0.4) is 0 Å². The SMILES string of the molecule is Cc1nc(C2CCCCN2C(=O)Cc2ccccc2)n[nH]1. The van der Waals surface area contributed by atoms with Gasteiger partial charge in [-0.3, -0.25) is 9.89 Å². The summed E-state index contributed by atoms with van der Waals surface area (Å²) in [5.41, 5.74) is 1.05. The van der Waals surface area contributed by atoms with Crippen LogP contribution in [0.2, 0.25) is 0 Å². The first-order valence-electron chi connectivity index (χ1n) is 7.46. The lowest BCUT2D eigenvalue weighted by Gasteiger charge is -2.34. The number of benzene rings is 1. The van der Waals surface area contributed by atoms with Gasteiger partial charge in [-0.25, -0.2) is 4.98 Å². The van der Waals surface area contributed by atoms with E-state index in [2.05, 4.69) is 15.2 Å². The summed E-state index contributed by atoms with van der Waals surface area (Å²) in [6, 6.07) is 9.90. The number of hydrogen-bond donors (Lipinski definition) is 1. The quantitative estimate of drug-likeness (QED) is 0.941. The molecule has 2 aromatic rings. The summed E-state index contributed by atoms with van der Waals surface area (Å²) in [5.74, 6) is 1.70. The molecule has 0 bridgehead atoms. The van der Waals surface area contributed by atoms with E-state index < -0.39 is 0 Å². The Morgan fingerprint density at radius 1 is 1.33 bits per heavy atom. The highest BCUT2D eigenvalue weighted by atomic mass is 16.2. The zero-order chi connectivity index (χ0) is 14.7. The van der Waals surface area contributed by atoms with Crippen molar-refractivity contribution in [3.63, 3.8) is 0 Å². The number of aromatic nitrogens is 3. The second-order valence-electron chi connectivity index (χ2n) is 5.54. The summed E-state index contributed by atoms with van der Waals surface area (Å²) in [6.07, 6.45) is 3.56. The van der Waals surface area contributed by atoms with Crippen LogP contribution in [0.4, 0.5) is 0 Å². The van der Waals surface area contributed by atoms with Crippen molar-refractivity contribution < 1.29 is 4.79 Å². The predicted molar refractivity (Wildman–Crippen MR) is 79.6 cm³/mol. The zero-order valence-electron chi connectivity index (χ0n) is 12.2. The van der Waals surface area contributed by atoms with Gasteiger partial charge in [0.1, 0.15) is 5.82 Å². The number of nitrogens with zero attached hydrogens (tertiary/aromatic N) is 3. The van der Waals surface area contributed by atoms with Crippen molar-refractivity contribution in [3.05, 3.63) is 47.5 Å². The third-order valence-electron chi connectivity index (χ3n) is 3.93. The molecule has 2 heterocycles. The van der Waals surface area contributed by atoms with Crippen LogP contribution in [0.25, 0.3) is 0 Å². The maximum absolute atomic E-state index is 12.6. The molecule has 1 aromatic heterocycles. The van der Waals surface area contributed by atoms with Crippen molar-refractivity contribution in [2.75, 3.05) is 6.54 Å². The van der Waals surface area contributed by atoms with Crippen LogP contribution in [0.1, 0.15) is 42.5 Å². The Bertz CT molecular complexity index is 608. The van der Waals surface area contributed by atoms with E-state index in [-0.39, 0.29) is 11.9 Å². The fourth-order valence-electron chi connectivity index (χ4n) is 2.88. The van der Waals surface area contributed by atoms with Gasteiger partial charge in [-0.05, 0) is 31.7 Å². The highest BCUT2D eigenvalue weighted by molar-refractivity contribution is 5.79. The average Bonchev–Trinajstić information content (AvgIpc) is 2.95. The average molecular weight is 284 g/mol. The highest BCUT2D eigenvalue weighted by Crippen LogP contribution is 2.29. The van der Waals surface area contributed by atoms with Crippen molar-refractivity contribution in [1.29, 1.82) is 0 Å². The molecule has 110 valence electrons. The smallest absolute Gasteiger partial charge is 0.227 e. The fraction of sp³-hybridized carbons (Fsp3) is 0.438. The number of nitrogens with one attached hydrogen (secondary N) is 1. The second-order valence-corrected chi connectivity index (χ2v) is 5.54. The lowest BCUT2D eigenvalue weighted by molar-refractivity contribution is -0.134. The number of aromatic amines is 1. The van der Waals surface area contributed by atoms with Crippen LogP contribution in [0.15, 0.2) is 30.3 Å². The summed E-state index contributed by atoms with van der Waals surface area (Å²) in [7, 11) is 0.